The molecule has 0 bridgehead atoms. The first-order valence-corrected chi connectivity index (χ1v) is 13.0. The van der Waals surface area contributed by atoms with Crippen molar-refractivity contribution in [2.45, 2.75) is 31.2 Å². The van der Waals surface area contributed by atoms with Crippen molar-refractivity contribution in [2.24, 2.45) is 5.92 Å². The van der Waals surface area contributed by atoms with Crippen molar-refractivity contribution in [3.8, 4) is 11.5 Å². The topological polar surface area (TPSA) is 72.8 Å². The Morgan fingerprint density at radius 1 is 1.06 bits per heavy atom. The van der Waals surface area contributed by atoms with Crippen LogP contribution in [0.1, 0.15) is 30.1 Å². The summed E-state index contributed by atoms with van der Waals surface area (Å²) in [6.45, 7) is 5.07. The van der Waals surface area contributed by atoms with Crippen LogP contribution >= 0.6 is 11.8 Å². The summed E-state index contributed by atoms with van der Waals surface area (Å²) in [5.74, 6) is 2.29. The third-order valence-corrected chi connectivity index (χ3v) is 7.55. The molecule has 3 aromatic rings. The summed E-state index contributed by atoms with van der Waals surface area (Å²) in [5, 5.41) is 4.11. The molecule has 0 unspecified atom stereocenters. The molecule has 1 saturated heterocycles. The summed E-state index contributed by atoms with van der Waals surface area (Å²) < 4.78 is 12.7. The van der Waals surface area contributed by atoms with E-state index in [4.69, 9.17) is 9.47 Å². The van der Waals surface area contributed by atoms with Gasteiger partial charge in [0.2, 0.25) is 5.91 Å². The maximum atomic E-state index is 12.7. The largest absolute Gasteiger partial charge is 0.493 e. The van der Waals surface area contributed by atoms with E-state index < -0.39 is 0 Å². The molecule has 35 heavy (non-hydrogen) atoms. The Labute approximate surface area is 210 Å². The first-order valence-electron chi connectivity index (χ1n) is 12.0. The van der Waals surface area contributed by atoms with Crippen molar-refractivity contribution in [1.82, 2.24) is 14.8 Å². The van der Waals surface area contributed by atoms with Crippen LogP contribution in [-0.4, -0.2) is 60.9 Å². The van der Waals surface area contributed by atoms with E-state index in [-0.39, 0.29) is 11.8 Å². The lowest BCUT2D eigenvalue weighted by molar-refractivity contribution is -0.129. The van der Waals surface area contributed by atoms with Gasteiger partial charge in [-0.3, -0.25) is 9.59 Å². The Kier molecular flexibility index (Phi) is 8.23. The van der Waals surface area contributed by atoms with Crippen LogP contribution in [0.25, 0.3) is 10.9 Å². The minimum atomic E-state index is -0.168. The number of rotatable bonds is 9. The van der Waals surface area contributed by atoms with Gasteiger partial charge in [-0.15, -0.1) is 11.8 Å². The molecule has 1 N–H and O–H groups in total. The Morgan fingerprint density at radius 3 is 2.54 bits per heavy atom. The molecule has 0 spiro atoms. The fraction of sp³-hybridized carbons (Fsp3) is 0.407. The maximum absolute atomic E-state index is 12.7. The number of aromatic nitrogens is 1. The second kappa shape index (κ2) is 11.5. The number of piperidine rings is 1. The molecule has 7 nitrogen and oxygen atoms in total. The summed E-state index contributed by atoms with van der Waals surface area (Å²) >= 11 is 1.59. The van der Waals surface area contributed by atoms with Crippen molar-refractivity contribution in [3.05, 3.63) is 54.2 Å². The monoisotopic (exact) mass is 495 g/mol. The van der Waals surface area contributed by atoms with Gasteiger partial charge >= 0.3 is 0 Å². The van der Waals surface area contributed by atoms with Gasteiger partial charge in [-0.1, -0.05) is 25.1 Å². The van der Waals surface area contributed by atoms with E-state index in [1.165, 1.54) is 0 Å². The number of nitrogens with zero attached hydrogens (tertiary/aromatic N) is 2. The number of hydrogen-bond acceptors (Lipinski definition) is 5. The Bertz CT molecular complexity index is 1180. The molecule has 1 fully saturated rings. The lowest BCUT2D eigenvalue weighted by atomic mass is 9.99. The van der Waals surface area contributed by atoms with Crippen molar-refractivity contribution in [2.75, 3.05) is 39.6 Å². The number of ether oxygens (including phenoxy) is 2. The lowest BCUT2D eigenvalue weighted by Crippen LogP contribution is -2.38. The number of fused-ring (bicyclic) bond motifs is 1. The van der Waals surface area contributed by atoms with Crippen LogP contribution in [0.4, 0.5) is 0 Å². The average molecular weight is 496 g/mol. The highest BCUT2D eigenvalue weighted by molar-refractivity contribution is 8.00. The second-order valence-electron chi connectivity index (χ2n) is 8.88. The smallest absolute Gasteiger partial charge is 0.251 e. The van der Waals surface area contributed by atoms with E-state index in [0.29, 0.717) is 41.8 Å². The maximum Gasteiger partial charge on any atom is 0.251 e. The van der Waals surface area contributed by atoms with Crippen molar-refractivity contribution in [1.29, 1.82) is 0 Å². The van der Waals surface area contributed by atoms with E-state index in [1.807, 2.05) is 17.0 Å². The molecule has 1 aromatic heterocycles. The summed E-state index contributed by atoms with van der Waals surface area (Å²) in [5.41, 5.74) is 1.61. The third-order valence-electron chi connectivity index (χ3n) is 6.52. The molecule has 2 amide bonds. The van der Waals surface area contributed by atoms with E-state index in [2.05, 4.69) is 35.1 Å². The van der Waals surface area contributed by atoms with Gasteiger partial charge in [-0.05, 0) is 43.0 Å². The highest BCUT2D eigenvalue weighted by atomic mass is 32.2. The van der Waals surface area contributed by atoms with Crippen LogP contribution in [0, 0.1) is 5.92 Å². The number of benzene rings is 2. The first-order chi connectivity index (χ1) is 17.0. The van der Waals surface area contributed by atoms with Gasteiger partial charge in [-0.2, -0.15) is 0 Å². The SMILES string of the molecule is COc1ccc(C(=O)NCCn2cc(SCC(=O)N3CCC(C)CC3)c3ccccc32)cc1OC. The summed E-state index contributed by atoms with van der Waals surface area (Å²) in [7, 11) is 3.11. The highest BCUT2D eigenvalue weighted by Crippen LogP contribution is 2.31. The summed E-state index contributed by atoms with van der Waals surface area (Å²) in [6, 6.07) is 13.3. The van der Waals surface area contributed by atoms with E-state index in [9.17, 15) is 9.59 Å². The molecule has 8 heteroatoms. The van der Waals surface area contributed by atoms with Crippen molar-refractivity contribution < 1.29 is 19.1 Å². The van der Waals surface area contributed by atoms with Gasteiger partial charge in [-0.25, -0.2) is 0 Å². The van der Waals surface area contributed by atoms with Gasteiger partial charge in [0.05, 0.1) is 20.0 Å². The molecule has 0 atom stereocenters. The van der Waals surface area contributed by atoms with Gasteiger partial charge in [0.25, 0.3) is 5.91 Å². The number of carbonyl (C=O) groups is 2. The lowest BCUT2D eigenvalue weighted by Gasteiger charge is -2.30. The van der Waals surface area contributed by atoms with Gasteiger partial charge < -0.3 is 24.3 Å². The Hall–Kier alpha value is -3.13. The van der Waals surface area contributed by atoms with Crippen LogP contribution in [0.5, 0.6) is 11.5 Å². The molecular weight excluding hydrogens is 462 g/mol. The number of para-hydroxylation sites is 1. The van der Waals surface area contributed by atoms with Crippen LogP contribution in [0.3, 0.4) is 0 Å². The number of methoxy groups -OCH3 is 2. The van der Waals surface area contributed by atoms with Gasteiger partial charge in [0.15, 0.2) is 11.5 Å². The zero-order valence-corrected chi connectivity index (χ0v) is 21.4. The Morgan fingerprint density at radius 2 is 1.80 bits per heavy atom. The van der Waals surface area contributed by atoms with Crippen LogP contribution < -0.4 is 14.8 Å². The predicted octanol–water partition coefficient (Wildman–Crippen LogP) is 4.44. The zero-order valence-electron chi connectivity index (χ0n) is 20.6. The number of amides is 2. The summed E-state index contributed by atoms with van der Waals surface area (Å²) in [4.78, 5) is 28.5. The molecule has 1 aliphatic heterocycles. The van der Waals surface area contributed by atoms with E-state index >= 15 is 0 Å². The molecule has 2 heterocycles. The number of hydrogen-bond donors (Lipinski definition) is 1. The van der Waals surface area contributed by atoms with Gasteiger partial charge in [0, 0.05) is 53.7 Å². The molecule has 4 rings (SSSR count). The zero-order chi connectivity index (χ0) is 24.8. The first kappa shape index (κ1) is 25.0. The Balaban J connectivity index is 1.37. The molecule has 186 valence electrons. The minimum absolute atomic E-state index is 0.168. The predicted molar refractivity (Wildman–Crippen MR) is 140 cm³/mol. The molecule has 0 aliphatic carbocycles. The average Bonchev–Trinajstić information content (AvgIpc) is 3.24. The molecule has 1 aliphatic rings. The van der Waals surface area contributed by atoms with Crippen molar-refractivity contribution in [3.63, 3.8) is 0 Å². The number of nitrogens with one attached hydrogen (secondary N) is 1. The molecule has 2 aromatic carbocycles. The number of thioether (sulfide) groups is 1. The van der Waals surface area contributed by atoms with Crippen LogP contribution in [0.15, 0.2) is 53.6 Å². The minimum Gasteiger partial charge on any atom is -0.493 e. The second-order valence-corrected chi connectivity index (χ2v) is 9.90. The van der Waals surface area contributed by atoms with Crippen molar-refractivity contribution >= 4 is 34.5 Å². The standard InChI is InChI=1S/C27H33N3O4S/c1-19-10-13-29(14-11-19)26(31)18-35-25-17-30(22-7-5-4-6-21(22)25)15-12-28-27(32)20-8-9-23(33-2)24(16-20)34-3/h4-9,16-17,19H,10-15,18H2,1-3H3,(H,28,32). The molecular formula is C27H33N3O4S. The highest BCUT2D eigenvalue weighted by Gasteiger charge is 2.21. The fourth-order valence-electron chi connectivity index (χ4n) is 4.37. The van der Waals surface area contributed by atoms with Crippen LogP contribution in [-0.2, 0) is 11.3 Å². The summed E-state index contributed by atoms with van der Waals surface area (Å²) in [6.07, 6.45) is 4.26. The normalized spacial score (nSPS) is 14.2. The van der Waals surface area contributed by atoms with E-state index in [0.717, 1.165) is 41.7 Å². The fourth-order valence-corrected chi connectivity index (χ4v) is 5.36. The molecule has 0 saturated carbocycles. The van der Waals surface area contributed by atoms with E-state index in [1.54, 1.807) is 44.2 Å². The third kappa shape index (κ3) is 5.93. The quantitative estimate of drug-likeness (QED) is 0.445. The number of likely N-dealkylation sites (tertiary alicyclic amines) is 1. The molecule has 0 radical (unpaired) electrons. The number of carbonyl (C=O) groups excluding carboxylic acids is 2. The van der Waals surface area contributed by atoms with Crippen LogP contribution in [0.2, 0.25) is 0 Å². The van der Waals surface area contributed by atoms with Gasteiger partial charge in [0.1, 0.15) is 0 Å².